The molecule has 0 rings (SSSR count). The average Bonchev–Trinajstić information content (AvgIpc) is 3.37. The first-order chi connectivity index (χ1) is 35.9. The number of carbonyl (C=O) groups excluding carboxylic acids is 4. The predicted molar refractivity (Wildman–Crippen MR) is 294 cm³/mol. The summed E-state index contributed by atoms with van der Waals surface area (Å²) in [5.41, 5.74) is 0. The number of aliphatic hydroxyl groups excluding tert-OH is 1. The van der Waals surface area contributed by atoms with Crippen molar-refractivity contribution in [1.29, 1.82) is 0 Å². The molecule has 19 heteroatoms. The molecule has 444 valence electrons. The molecule has 0 bridgehead atoms. The van der Waals surface area contributed by atoms with E-state index in [1.165, 1.54) is 57.8 Å². The minimum Gasteiger partial charge on any atom is -0.462 e. The molecular weight excluding hydrogens is 1010 g/mol. The molecule has 0 aromatic rings. The van der Waals surface area contributed by atoms with E-state index in [0.717, 1.165) is 121 Å². The Morgan fingerprint density at radius 1 is 0.387 bits per heavy atom. The quantitative estimate of drug-likeness (QED) is 0.0222. The van der Waals surface area contributed by atoms with Crippen LogP contribution in [0.5, 0.6) is 0 Å². The fourth-order valence-electron chi connectivity index (χ4n) is 8.08. The lowest BCUT2D eigenvalue weighted by Gasteiger charge is -2.21. The summed E-state index contributed by atoms with van der Waals surface area (Å²) in [4.78, 5) is 71.4. The van der Waals surface area contributed by atoms with Gasteiger partial charge >= 0.3 is 39.5 Å². The fourth-order valence-corrected chi connectivity index (χ4v) is 9.66. The van der Waals surface area contributed by atoms with Crippen LogP contribution in [0.1, 0.15) is 266 Å². The minimum atomic E-state index is -4.93. The maximum absolute atomic E-state index is 12.9. The van der Waals surface area contributed by atoms with Gasteiger partial charge in [0.15, 0.2) is 12.2 Å². The zero-order valence-corrected chi connectivity index (χ0v) is 49.6. The number of ether oxygens (including phenoxy) is 4. The third-order valence-electron chi connectivity index (χ3n) is 13.1. The molecule has 6 atom stereocenters. The summed E-state index contributed by atoms with van der Waals surface area (Å²) in [7, 11) is -9.86. The van der Waals surface area contributed by atoms with Crippen LogP contribution in [0.3, 0.4) is 0 Å². The number of aliphatic hydroxyl groups is 1. The molecule has 0 saturated heterocycles. The summed E-state index contributed by atoms with van der Waals surface area (Å²) < 4.78 is 67.3. The number of carbonyl (C=O) groups is 4. The average molecular weight is 1120 g/mol. The Hall–Kier alpha value is -1.94. The van der Waals surface area contributed by atoms with E-state index in [9.17, 15) is 43.2 Å². The van der Waals surface area contributed by atoms with Crippen LogP contribution >= 0.6 is 15.6 Å². The van der Waals surface area contributed by atoms with Gasteiger partial charge in [-0.15, -0.1) is 0 Å². The molecule has 0 aliphatic carbocycles. The second kappa shape index (κ2) is 49.1. The zero-order valence-electron chi connectivity index (χ0n) is 47.8. The first-order valence-corrected chi connectivity index (χ1v) is 32.5. The van der Waals surface area contributed by atoms with Crippen LogP contribution < -0.4 is 0 Å². The number of hydrogen-bond acceptors (Lipinski definition) is 15. The number of phosphoric ester groups is 2. The molecule has 75 heavy (non-hydrogen) atoms. The van der Waals surface area contributed by atoms with Crippen molar-refractivity contribution in [2.75, 3.05) is 39.6 Å². The Morgan fingerprint density at radius 2 is 0.680 bits per heavy atom. The second-order valence-electron chi connectivity index (χ2n) is 21.0. The van der Waals surface area contributed by atoms with Gasteiger partial charge in [-0.05, 0) is 37.5 Å². The van der Waals surface area contributed by atoms with E-state index in [2.05, 4.69) is 41.5 Å². The van der Waals surface area contributed by atoms with Crippen molar-refractivity contribution >= 4 is 39.5 Å². The molecule has 3 N–H and O–H groups in total. The third kappa shape index (κ3) is 50.1. The fraction of sp³-hybridized carbons (Fsp3) is 0.929. The van der Waals surface area contributed by atoms with Gasteiger partial charge in [0, 0.05) is 25.7 Å². The molecule has 0 saturated carbocycles. The summed E-state index contributed by atoms with van der Waals surface area (Å²) in [6.07, 6.45) is 28.5. The van der Waals surface area contributed by atoms with E-state index in [0.29, 0.717) is 31.6 Å². The van der Waals surface area contributed by atoms with Crippen molar-refractivity contribution in [3.63, 3.8) is 0 Å². The van der Waals surface area contributed by atoms with Crippen molar-refractivity contribution in [3.05, 3.63) is 0 Å². The van der Waals surface area contributed by atoms with Crippen LogP contribution in [0, 0.1) is 11.8 Å². The summed E-state index contributed by atoms with van der Waals surface area (Å²) in [6, 6.07) is 0. The summed E-state index contributed by atoms with van der Waals surface area (Å²) in [5, 5.41) is 10.4. The van der Waals surface area contributed by atoms with Crippen molar-refractivity contribution < 1.29 is 80.2 Å². The first kappa shape index (κ1) is 73.1. The van der Waals surface area contributed by atoms with Gasteiger partial charge in [0.1, 0.15) is 19.3 Å². The molecular formula is C56H108O17P2. The molecule has 0 aliphatic rings. The molecule has 0 aromatic heterocycles. The van der Waals surface area contributed by atoms with Crippen LogP contribution in [0.25, 0.3) is 0 Å². The highest BCUT2D eigenvalue weighted by Crippen LogP contribution is 2.45. The molecule has 0 spiro atoms. The van der Waals surface area contributed by atoms with Gasteiger partial charge in [-0.2, -0.15) is 0 Å². The lowest BCUT2D eigenvalue weighted by Crippen LogP contribution is -2.30. The molecule has 17 nitrogen and oxygen atoms in total. The van der Waals surface area contributed by atoms with Crippen LogP contribution in [-0.4, -0.2) is 96.7 Å². The van der Waals surface area contributed by atoms with Gasteiger partial charge in [-0.25, -0.2) is 9.13 Å². The second-order valence-corrected chi connectivity index (χ2v) is 23.9. The maximum atomic E-state index is 12.9. The molecule has 0 fully saturated rings. The molecule has 0 aliphatic heterocycles. The van der Waals surface area contributed by atoms with Gasteiger partial charge in [-0.1, -0.05) is 215 Å². The monoisotopic (exact) mass is 1110 g/mol. The Labute approximate surface area is 454 Å². The van der Waals surface area contributed by atoms with Crippen LogP contribution in [-0.2, 0) is 65.4 Å². The highest BCUT2D eigenvalue weighted by atomic mass is 31.2. The Kier molecular flexibility index (Phi) is 47.9. The van der Waals surface area contributed by atoms with Crippen molar-refractivity contribution in [3.8, 4) is 0 Å². The standard InChI is InChI=1S/C56H108O17P2/c1-7-10-12-14-19-28-34-40-55(60)72-51(44-66-53(58)38-32-24-13-11-8-2)46-70-74(62,63)68-42-50(57)43-69-75(64,65)71-47-52(45-67-54(59)39-33-27-23-22-25-30-36-48(4)5)73-56(61)41-35-29-21-18-16-15-17-20-26-31-37-49(6)9-3/h48-52,57H,7-47H2,1-6H3,(H,62,63)(H,64,65)/t49?,50-,51+,52+/m0/s1. The zero-order chi connectivity index (χ0) is 55.8. The van der Waals surface area contributed by atoms with Gasteiger partial charge in [-0.3, -0.25) is 37.3 Å². The van der Waals surface area contributed by atoms with Gasteiger partial charge in [0.2, 0.25) is 0 Å². The van der Waals surface area contributed by atoms with E-state index in [4.69, 9.17) is 37.0 Å². The normalized spacial score (nSPS) is 14.9. The number of hydrogen-bond donors (Lipinski definition) is 3. The highest BCUT2D eigenvalue weighted by molar-refractivity contribution is 7.47. The highest BCUT2D eigenvalue weighted by Gasteiger charge is 2.30. The number of phosphoric acid groups is 2. The number of unbranched alkanes of at least 4 members (excludes halogenated alkanes) is 24. The Balaban J connectivity index is 5.17. The molecule has 0 heterocycles. The van der Waals surface area contributed by atoms with E-state index in [-0.39, 0.29) is 25.7 Å². The lowest BCUT2D eigenvalue weighted by atomic mass is 9.99. The lowest BCUT2D eigenvalue weighted by molar-refractivity contribution is -0.161. The van der Waals surface area contributed by atoms with Gasteiger partial charge < -0.3 is 33.8 Å². The molecule has 0 amide bonds. The molecule has 0 aromatic carbocycles. The van der Waals surface area contributed by atoms with Crippen LogP contribution in [0.2, 0.25) is 0 Å². The third-order valence-corrected chi connectivity index (χ3v) is 15.0. The summed E-state index contributed by atoms with van der Waals surface area (Å²) >= 11 is 0. The summed E-state index contributed by atoms with van der Waals surface area (Å²) in [5.74, 6) is -0.680. The van der Waals surface area contributed by atoms with E-state index < -0.39 is 97.5 Å². The summed E-state index contributed by atoms with van der Waals surface area (Å²) in [6.45, 7) is 9.24. The van der Waals surface area contributed by atoms with Crippen molar-refractivity contribution in [1.82, 2.24) is 0 Å². The Morgan fingerprint density at radius 3 is 1.01 bits per heavy atom. The SMILES string of the molecule is CCCCCCCCCC(=O)O[C@H](COC(=O)CCCCCCC)COP(=O)(O)OC[C@H](O)COP(=O)(O)OC[C@@H](COC(=O)CCCCCCCCC(C)C)OC(=O)CCCCCCCCCCCCC(C)CC. The smallest absolute Gasteiger partial charge is 0.462 e. The Bertz CT molecular complexity index is 1500. The van der Waals surface area contributed by atoms with Crippen LogP contribution in [0.15, 0.2) is 0 Å². The largest absolute Gasteiger partial charge is 0.472 e. The first-order valence-electron chi connectivity index (χ1n) is 29.5. The van der Waals surface area contributed by atoms with Crippen molar-refractivity contribution in [2.45, 2.75) is 285 Å². The maximum Gasteiger partial charge on any atom is 0.472 e. The van der Waals surface area contributed by atoms with Gasteiger partial charge in [0.25, 0.3) is 0 Å². The predicted octanol–water partition coefficient (Wildman–Crippen LogP) is 14.5. The topological polar surface area (TPSA) is 237 Å². The van der Waals surface area contributed by atoms with Gasteiger partial charge in [0.05, 0.1) is 26.4 Å². The molecule has 0 radical (unpaired) electrons. The minimum absolute atomic E-state index is 0.102. The van der Waals surface area contributed by atoms with E-state index in [1.54, 1.807) is 0 Å². The number of rotatable bonds is 55. The van der Waals surface area contributed by atoms with E-state index in [1.807, 2.05) is 0 Å². The van der Waals surface area contributed by atoms with Crippen molar-refractivity contribution in [2.24, 2.45) is 11.8 Å². The number of esters is 4. The molecule has 3 unspecified atom stereocenters. The van der Waals surface area contributed by atoms with Crippen LogP contribution in [0.4, 0.5) is 0 Å². The van der Waals surface area contributed by atoms with E-state index >= 15 is 0 Å².